The van der Waals surface area contributed by atoms with Crippen molar-refractivity contribution >= 4 is 11.8 Å². The summed E-state index contributed by atoms with van der Waals surface area (Å²) in [6.45, 7) is 10.5. The third-order valence-corrected chi connectivity index (χ3v) is 5.11. The molecular weight excluding hydrogens is 226 g/mol. The number of hydrogen-bond donors (Lipinski definition) is 1. The number of rotatable bonds is 7. The SMILES string of the molecule is CCCNC(CSC(C)C)C1CCC(C)CC1. The number of nitrogens with one attached hydrogen (secondary N) is 1. The lowest BCUT2D eigenvalue weighted by Gasteiger charge is -2.33. The lowest BCUT2D eigenvalue weighted by molar-refractivity contribution is 0.242. The van der Waals surface area contributed by atoms with Crippen LogP contribution in [-0.2, 0) is 0 Å². The summed E-state index contributed by atoms with van der Waals surface area (Å²) < 4.78 is 0. The van der Waals surface area contributed by atoms with Gasteiger partial charge in [-0.25, -0.2) is 0 Å². The molecule has 0 aromatic rings. The van der Waals surface area contributed by atoms with E-state index in [1.807, 2.05) is 0 Å². The van der Waals surface area contributed by atoms with Crippen LogP contribution in [0.1, 0.15) is 59.8 Å². The summed E-state index contributed by atoms with van der Waals surface area (Å²) in [6, 6.07) is 0.759. The third kappa shape index (κ3) is 6.15. The standard InChI is InChI=1S/C15H31NS/c1-5-10-16-15(11-17-12(2)3)14-8-6-13(4)7-9-14/h12-16H,5-11H2,1-4H3. The van der Waals surface area contributed by atoms with Crippen LogP contribution in [0.4, 0.5) is 0 Å². The van der Waals surface area contributed by atoms with Crippen LogP contribution in [0.5, 0.6) is 0 Å². The predicted octanol–water partition coefficient (Wildman–Crippen LogP) is 4.32. The maximum absolute atomic E-state index is 3.79. The van der Waals surface area contributed by atoms with Crippen molar-refractivity contribution in [2.75, 3.05) is 12.3 Å². The molecule has 0 bridgehead atoms. The second kappa shape index (κ2) is 8.42. The average molecular weight is 257 g/mol. The smallest absolute Gasteiger partial charge is 0.0186 e. The van der Waals surface area contributed by atoms with Crippen LogP contribution in [0.3, 0.4) is 0 Å². The fraction of sp³-hybridized carbons (Fsp3) is 1.00. The molecule has 0 saturated heterocycles. The molecule has 1 aliphatic carbocycles. The molecule has 1 aliphatic rings. The highest BCUT2D eigenvalue weighted by atomic mass is 32.2. The minimum absolute atomic E-state index is 0.759. The Balaban J connectivity index is 2.37. The molecule has 17 heavy (non-hydrogen) atoms. The van der Waals surface area contributed by atoms with E-state index in [-0.39, 0.29) is 0 Å². The van der Waals surface area contributed by atoms with E-state index in [1.54, 1.807) is 0 Å². The summed E-state index contributed by atoms with van der Waals surface area (Å²) in [6.07, 6.45) is 7.04. The Morgan fingerprint density at radius 1 is 1.18 bits per heavy atom. The molecule has 1 unspecified atom stereocenters. The summed E-state index contributed by atoms with van der Waals surface area (Å²) in [5.74, 6) is 3.20. The largest absolute Gasteiger partial charge is 0.313 e. The van der Waals surface area contributed by atoms with E-state index in [9.17, 15) is 0 Å². The van der Waals surface area contributed by atoms with E-state index in [0.717, 1.165) is 23.1 Å². The first-order valence-corrected chi connectivity index (χ1v) is 8.53. The van der Waals surface area contributed by atoms with Gasteiger partial charge in [0.05, 0.1) is 0 Å². The Morgan fingerprint density at radius 2 is 1.82 bits per heavy atom. The van der Waals surface area contributed by atoms with Crippen LogP contribution in [0.15, 0.2) is 0 Å². The predicted molar refractivity (Wildman–Crippen MR) is 80.8 cm³/mol. The van der Waals surface area contributed by atoms with Crippen molar-refractivity contribution < 1.29 is 0 Å². The molecule has 1 saturated carbocycles. The van der Waals surface area contributed by atoms with Crippen LogP contribution >= 0.6 is 11.8 Å². The van der Waals surface area contributed by atoms with E-state index < -0.39 is 0 Å². The van der Waals surface area contributed by atoms with Crippen molar-refractivity contribution in [2.45, 2.75) is 71.1 Å². The molecule has 0 aromatic heterocycles. The van der Waals surface area contributed by atoms with Crippen LogP contribution in [0.25, 0.3) is 0 Å². The van der Waals surface area contributed by atoms with Gasteiger partial charge in [0, 0.05) is 11.8 Å². The fourth-order valence-electron chi connectivity index (χ4n) is 2.68. The second-order valence-corrected chi connectivity index (χ2v) is 7.57. The van der Waals surface area contributed by atoms with Crippen LogP contribution in [0, 0.1) is 11.8 Å². The molecule has 0 heterocycles. The molecule has 0 radical (unpaired) electrons. The highest BCUT2D eigenvalue weighted by Crippen LogP contribution is 2.31. The highest BCUT2D eigenvalue weighted by molar-refractivity contribution is 7.99. The van der Waals surface area contributed by atoms with E-state index in [0.29, 0.717) is 0 Å². The van der Waals surface area contributed by atoms with E-state index in [2.05, 4.69) is 44.8 Å². The molecule has 2 heteroatoms. The monoisotopic (exact) mass is 257 g/mol. The van der Waals surface area contributed by atoms with E-state index in [1.165, 1.54) is 44.4 Å². The van der Waals surface area contributed by atoms with Gasteiger partial charge in [-0.3, -0.25) is 0 Å². The van der Waals surface area contributed by atoms with Gasteiger partial charge in [0.2, 0.25) is 0 Å². The van der Waals surface area contributed by atoms with Gasteiger partial charge in [-0.15, -0.1) is 0 Å². The van der Waals surface area contributed by atoms with Gasteiger partial charge in [0.25, 0.3) is 0 Å². The first kappa shape index (κ1) is 15.4. The molecule has 0 spiro atoms. The molecule has 0 aromatic carbocycles. The highest BCUT2D eigenvalue weighted by Gasteiger charge is 2.25. The normalized spacial score (nSPS) is 27.4. The lowest BCUT2D eigenvalue weighted by Crippen LogP contribution is -2.40. The summed E-state index contributed by atoms with van der Waals surface area (Å²) in [4.78, 5) is 0. The Morgan fingerprint density at radius 3 is 2.35 bits per heavy atom. The zero-order valence-electron chi connectivity index (χ0n) is 12.2. The third-order valence-electron chi connectivity index (χ3n) is 3.90. The van der Waals surface area contributed by atoms with Crippen molar-refractivity contribution in [3.63, 3.8) is 0 Å². The van der Waals surface area contributed by atoms with E-state index >= 15 is 0 Å². The molecule has 1 fully saturated rings. The molecule has 1 atom stereocenters. The van der Waals surface area contributed by atoms with Crippen LogP contribution in [-0.4, -0.2) is 23.6 Å². The van der Waals surface area contributed by atoms with Crippen molar-refractivity contribution in [1.82, 2.24) is 5.32 Å². The quantitative estimate of drug-likeness (QED) is 0.729. The molecule has 102 valence electrons. The van der Waals surface area contributed by atoms with Crippen molar-refractivity contribution in [3.8, 4) is 0 Å². The van der Waals surface area contributed by atoms with Gasteiger partial charge in [0.1, 0.15) is 0 Å². The summed E-state index contributed by atoms with van der Waals surface area (Å²) in [5, 5.41) is 4.56. The molecule has 1 N–H and O–H groups in total. The molecule has 0 aliphatic heterocycles. The second-order valence-electron chi connectivity index (χ2n) is 5.96. The first-order valence-electron chi connectivity index (χ1n) is 7.48. The van der Waals surface area contributed by atoms with Crippen molar-refractivity contribution in [3.05, 3.63) is 0 Å². The van der Waals surface area contributed by atoms with Gasteiger partial charge in [-0.2, -0.15) is 11.8 Å². The Kier molecular flexibility index (Phi) is 7.61. The van der Waals surface area contributed by atoms with Gasteiger partial charge >= 0.3 is 0 Å². The van der Waals surface area contributed by atoms with Gasteiger partial charge in [-0.1, -0.05) is 40.5 Å². The minimum atomic E-state index is 0.759. The summed E-state index contributed by atoms with van der Waals surface area (Å²) >= 11 is 2.12. The fourth-order valence-corrected chi connectivity index (χ4v) is 3.66. The maximum Gasteiger partial charge on any atom is 0.0186 e. The number of thioether (sulfide) groups is 1. The first-order chi connectivity index (χ1) is 8.13. The Hall–Kier alpha value is 0.310. The van der Waals surface area contributed by atoms with Gasteiger partial charge < -0.3 is 5.32 Å². The Labute approximate surface area is 113 Å². The van der Waals surface area contributed by atoms with Crippen LogP contribution in [0.2, 0.25) is 0 Å². The van der Waals surface area contributed by atoms with Crippen LogP contribution < -0.4 is 5.32 Å². The van der Waals surface area contributed by atoms with E-state index in [4.69, 9.17) is 0 Å². The summed E-state index contributed by atoms with van der Waals surface area (Å²) in [7, 11) is 0. The molecule has 1 rings (SSSR count). The molecule has 1 nitrogen and oxygen atoms in total. The lowest BCUT2D eigenvalue weighted by atomic mass is 9.79. The molecular formula is C15H31NS. The van der Waals surface area contributed by atoms with Gasteiger partial charge in [-0.05, 0) is 42.9 Å². The van der Waals surface area contributed by atoms with Gasteiger partial charge in [0.15, 0.2) is 0 Å². The summed E-state index contributed by atoms with van der Waals surface area (Å²) in [5.41, 5.74) is 0. The maximum atomic E-state index is 3.79. The molecule has 0 amide bonds. The minimum Gasteiger partial charge on any atom is -0.313 e. The zero-order chi connectivity index (χ0) is 12.7. The Bertz CT molecular complexity index is 185. The van der Waals surface area contributed by atoms with Crippen molar-refractivity contribution in [1.29, 1.82) is 0 Å². The topological polar surface area (TPSA) is 12.0 Å². The average Bonchev–Trinajstić information content (AvgIpc) is 2.30. The van der Waals surface area contributed by atoms with Crippen molar-refractivity contribution in [2.24, 2.45) is 11.8 Å². The zero-order valence-corrected chi connectivity index (χ0v) is 13.0. The number of hydrogen-bond acceptors (Lipinski definition) is 2.